The Bertz CT molecular complexity index is 145. The van der Waals surface area contributed by atoms with Gasteiger partial charge in [0.25, 0.3) is 0 Å². The molecule has 0 aliphatic carbocycles. The Morgan fingerprint density at radius 3 is 2.62 bits per heavy atom. The van der Waals surface area contributed by atoms with E-state index < -0.39 is 0 Å². The molecule has 0 aromatic rings. The van der Waals surface area contributed by atoms with Crippen LogP contribution in [-0.4, -0.2) is 37.1 Å². The van der Waals surface area contributed by atoms with E-state index in [2.05, 4.69) is 31.0 Å². The molecule has 0 saturated carbocycles. The van der Waals surface area contributed by atoms with Gasteiger partial charge in [0.1, 0.15) is 0 Å². The van der Waals surface area contributed by atoms with Crippen molar-refractivity contribution in [3.8, 4) is 0 Å². The fourth-order valence-corrected chi connectivity index (χ4v) is 2.49. The lowest BCUT2D eigenvalue weighted by molar-refractivity contribution is 0.155. The van der Waals surface area contributed by atoms with E-state index in [0.29, 0.717) is 6.04 Å². The Morgan fingerprint density at radius 2 is 2.08 bits per heavy atom. The van der Waals surface area contributed by atoms with Gasteiger partial charge in [-0.1, -0.05) is 13.8 Å². The van der Waals surface area contributed by atoms with E-state index in [1.54, 1.807) is 0 Å². The number of nitrogens with one attached hydrogen (secondary N) is 1. The van der Waals surface area contributed by atoms with Gasteiger partial charge >= 0.3 is 0 Å². The Labute approximate surface area is 82.7 Å². The maximum Gasteiger partial charge on any atom is 0.0195 e. The lowest BCUT2D eigenvalue weighted by Gasteiger charge is -2.32. The van der Waals surface area contributed by atoms with Gasteiger partial charge in [-0.25, -0.2) is 0 Å². The summed E-state index contributed by atoms with van der Waals surface area (Å²) < 4.78 is 0. The van der Waals surface area contributed by atoms with Gasteiger partial charge in [0, 0.05) is 18.6 Å². The van der Waals surface area contributed by atoms with E-state index in [9.17, 15) is 0 Å². The molecular formula is C11H24N2. The second kappa shape index (κ2) is 4.97. The average Bonchev–Trinajstić information content (AvgIpc) is 2.52. The molecule has 0 aromatic heterocycles. The Hall–Kier alpha value is -0.0800. The fraction of sp³-hybridized carbons (Fsp3) is 1.00. The van der Waals surface area contributed by atoms with Crippen molar-refractivity contribution >= 4 is 0 Å². The van der Waals surface area contributed by atoms with Crippen LogP contribution in [0, 0.1) is 5.92 Å². The molecule has 0 aromatic carbocycles. The van der Waals surface area contributed by atoms with Crippen molar-refractivity contribution in [1.82, 2.24) is 10.2 Å². The van der Waals surface area contributed by atoms with Crippen LogP contribution in [0.1, 0.15) is 33.6 Å². The summed E-state index contributed by atoms with van der Waals surface area (Å²) in [6.07, 6.45) is 2.78. The van der Waals surface area contributed by atoms with Crippen LogP contribution in [0.2, 0.25) is 0 Å². The molecule has 2 heteroatoms. The predicted molar refractivity (Wildman–Crippen MR) is 58.0 cm³/mol. The normalized spacial score (nSPS) is 27.0. The third-order valence-electron chi connectivity index (χ3n) is 3.18. The maximum absolute atomic E-state index is 3.26. The summed E-state index contributed by atoms with van der Waals surface area (Å²) in [6, 6.07) is 1.52. The van der Waals surface area contributed by atoms with Crippen LogP contribution in [0.3, 0.4) is 0 Å². The second-order valence-corrected chi connectivity index (χ2v) is 4.60. The van der Waals surface area contributed by atoms with Crippen molar-refractivity contribution in [3.05, 3.63) is 0 Å². The van der Waals surface area contributed by atoms with Crippen molar-refractivity contribution in [2.24, 2.45) is 5.92 Å². The minimum Gasteiger partial charge on any atom is -0.318 e. The standard InChI is InChI=1S/C11H24N2/c1-9(2)11-6-5-7-13(11)10(3)8-12-4/h9-12H,5-8H2,1-4H3. The first-order chi connectivity index (χ1) is 6.16. The van der Waals surface area contributed by atoms with Crippen LogP contribution < -0.4 is 5.32 Å². The minimum absolute atomic E-state index is 0.694. The quantitative estimate of drug-likeness (QED) is 0.715. The first kappa shape index (κ1) is 11.0. The van der Waals surface area contributed by atoms with Crippen molar-refractivity contribution < 1.29 is 0 Å². The molecule has 0 amide bonds. The Balaban J connectivity index is 2.47. The Morgan fingerprint density at radius 1 is 1.38 bits per heavy atom. The van der Waals surface area contributed by atoms with Crippen LogP contribution in [0.15, 0.2) is 0 Å². The third-order valence-corrected chi connectivity index (χ3v) is 3.18. The summed E-state index contributed by atoms with van der Waals surface area (Å²) in [5.41, 5.74) is 0. The van der Waals surface area contributed by atoms with Gasteiger partial charge in [-0.15, -0.1) is 0 Å². The highest BCUT2D eigenvalue weighted by Crippen LogP contribution is 2.25. The largest absolute Gasteiger partial charge is 0.318 e. The zero-order valence-electron chi connectivity index (χ0n) is 9.51. The molecule has 1 heterocycles. The highest BCUT2D eigenvalue weighted by atomic mass is 15.2. The molecule has 1 fully saturated rings. The molecule has 1 aliphatic heterocycles. The molecule has 1 N–H and O–H groups in total. The first-order valence-electron chi connectivity index (χ1n) is 5.57. The molecular weight excluding hydrogens is 160 g/mol. The molecule has 2 atom stereocenters. The highest BCUT2D eigenvalue weighted by molar-refractivity contribution is 4.85. The van der Waals surface area contributed by atoms with Gasteiger partial charge in [-0.3, -0.25) is 4.90 Å². The van der Waals surface area contributed by atoms with E-state index in [-0.39, 0.29) is 0 Å². The predicted octanol–water partition coefficient (Wildman–Crippen LogP) is 1.71. The summed E-state index contributed by atoms with van der Waals surface area (Å²) in [6.45, 7) is 9.43. The summed E-state index contributed by atoms with van der Waals surface area (Å²) in [5, 5.41) is 3.26. The van der Waals surface area contributed by atoms with Crippen molar-refractivity contribution in [3.63, 3.8) is 0 Å². The van der Waals surface area contributed by atoms with Crippen LogP contribution in [0.5, 0.6) is 0 Å². The zero-order chi connectivity index (χ0) is 9.84. The highest BCUT2D eigenvalue weighted by Gasteiger charge is 2.29. The molecule has 2 unspecified atom stereocenters. The van der Waals surface area contributed by atoms with Crippen molar-refractivity contribution in [1.29, 1.82) is 0 Å². The molecule has 0 radical (unpaired) electrons. The van der Waals surface area contributed by atoms with Crippen molar-refractivity contribution in [2.75, 3.05) is 20.1 Å². The van der Waals surface area contributed by atoms with Crippen LogP contribution in [0.4, 0.5) is 0 Å². The van der Waals surface area contributed by atoms with E-state index in [0.717, 1.165) is 18.5 Å². The number of rotatable bonds is 4. The van der Waals surface area contributed by atoms with Crippen LogP contribution in [0.25, 0.3) is 0 Å². The van der Waals surface area contributed by atoms with Gasteiger partial charge in [0.2, 0.25) is 0 Å². The van der Waals surface area contributed by atoms with Gasteiger partial charge < -0.3 is 5.32 Å². The molecule has 1 aliphatic rings. The number of likely N-dealkylation sites (N-methyl/N-ethyl adjacent to an activating group) is 1. The van der Waals surface area contributed by atoms with E-state index in [4.69, 9.17) is 0 Å². The van der Waals surface area contributed by atoms with Crippen molar-refractivity contribution in [2.45, 2.75) is 45.7 Å². The lowest BCUT2D eigenvalue weighted by atomic mass is 10.0. The Kier molecular flexibility index (Phi) is 4.20. The van der Waals surface area contributed by atoms with Gasteiger partial charge in [-0.05, 0) is 39.3 Å². The molecule has 13 heavy (non-hydrogen) atoms. The lowest BCUT2D eigenvalue weighted by Crippen LogP contribution is -2.44. The smallest absolute Gasteiger partial charge is 0.0195 e. The number of hydrogen-bond acceptors (Lipinski definition) is 2. The number of nitrogens with zero attached hydrogens (tertiary/aromatic N) is 1. The van der Waals surface area contributed by atoms with E-state index in [1.807, 2.05) is 7.05 Å². The molecule has 0 bridgehead atoms. The van der Waals surface area contributed by atoms with E-state index >= 15 is 0 Å². The number of likely N-dealkylation sites (tertiary alicyclic amines) is 1. The minimum atomic E-state index is 0.694. The molecule has 78 valence electrons. The molecule has 1 saturated heterocycles. The average molecular weight is 184 g/mol. The zero-order valence-corrected chi connectivity index (χ0v) is 9.51. The summed E-state index contributed by atoms with van der Waals surface area (Å²) >= 11 is 0. The van der Waals surface area contributed by atoms with E-state index in [1.165, 1.54) is 19.4 Å². The molecule has 1 rings (SSSR count). The van der Waals surface area contributed by atoms with Gasteiger partial charge in [0.05, 0.1) is 0 Å². The van der Waals surface area contributed by atoms with Crippen LogP contribution in [-0.2, 0) is 0 Å². The molecule has 2 nitrogen and oxygen atoms in total. The third kappa shape index (κ3) is 2.68. The van der Waals surface area contributed by atoms with Crippen LogP contribution >= 0.6 is 0 Å². The van der Waals surface area contributed by atoms with Gasteiger partial charge in [0.15, 0.2) is 0 Å². The van der Waals surface area contributed by atoms with Gasteiger partial charge in [-0.2, -0.15) is 0 Å². The first-order valence-corrected chi connectivity index (χ1v) is 5.57. The second-order valence-electron chi connectivity index (χ2n) is 4.60. The summed E-state index contributed by atoms with van der Waals surface area (Å²) in [5.74, 6) is 0.807. The summed E-state index contributed by atoms with van der Waals surface area (Å²) in [7, 11) is 2.04. The maximum atomic E-state index is 3.26. The molecule has 0 spiro atoms. The topological polar surface area (TPSA) is 15.3 Å². The SMILES string of the molecule is CNCC(C)N1CCCC1C(C)C. The number of hydrogen-bond donors (Lipinski definition) is 1. The summed E-state index contributed by atoms with van der Waals surface area (Å²) in [4.78, 5) is 2.67. The monoisotopic (exact) mass is 184 g/mol. The fourth-order valence-electron chi connectivity index (χ4n) is 2.49.